The molecule has 1 saturated carbocycles. The molecule has 0 amide bonds. The number of nitrogens with two attached hydrogens (primary N) is 1. The van der Waals surface area contributed by atoms with Gasteiger partial charge >= 0.3 is 0 Å². The molecular weight excluding hydrogens is 262 g/mol. The van der Waals surface area contributed by atoms with E-state index in [0.717, 1.165) is 32.5 Å². The third-order valence-corrected chi connectivity index (χ3v) is 6.00. The van der Waals surface area contributed by atoms with Crippen molar-refractivity contribution in [2.24, 2.45) is 11.7 Å². The summed E-state index contributed by atoms with van der Waals surface area (Å²) in [7, 11) is 0. The van der Waals surface area contributed by atoms with Gasteiger partial charge in [-0.2, -0.15) is 0 Å². The molecule has 2 heterocycles. The maximum atomic E-state index is 6.54. The van der Waals surface area contributed by atoms with Crippen molar-refractivity contribution in [3.05, 3.63) is 0 Å². The van der Waals surface area contributed by atoms with Crippen LogP contribution in [0.4, 0.5) is 0 Å². The van der Waals surface area contributed by atoms with Gasteiger partial charge in [-0.15, -0.1) is 0 Å². The highest BCUT2D eigenvalue weighted by Crippen LogP contribution is 2.41. The summed E-state index contributed by atoms with van der Waals surface area (Å²) < 4.78 is 12.0. The molecule has 0 aromatic heterocycles. The molecule has 0 bridgehead atoms. The van der Waals surface area contributed by atoms with Crippen LogP contribution < -0.4 is 5.73 Å². The Balaban J connectivity index is 1.46. The summed E-state index contributed by atoms with van der Waals surface area (Å²) in [5.41, 5.74) is 6.74. The fourth-order valence-corrected chi connectivity index (χ4v) is 4.62. The zero-order valence-corrected chi connectivity index (χ0v) is 13.5. The SMILES string of the molecule is NC(CCC1CCCCO1)C1CCOC2(CCCCC2)C1. The average Bonchev–Trinajstić information content (AvgIpc) is 2.54. The summed E-state index contributed by atoms with van der Waals surface area (Å²) in [6.45, 7) is 1.89. The van der Waals surface area contributed by atoms with Gasteiger partial charge in [-0.25, -0.2) is 0 Å². The Bertz CT molecular complexity index is 303. The first-order valence-corrected chi connectivity index (χ1v) is 9.29. The molecule has 2 saturated heterocycles. The molecule has 0 aromatic rings. The molecule has 2 aliphatic heterocycles. The van der Waals surface area contributed by atoms with E-state index in [9.17, 15) is 0 Å². The van der Waals surface area contributed by atoms with Crippen molar-refractivity contribution in [2.75, 3.05) is 13.2 Å². The van der Waals surface area contributed by atoms with E-state index in [1.54, 1.807) is 0 Å². The van der Waals surface area contributed by atoms with Gasteiger partial charge in [0.15, 0.2) is 0 Å². The van der Waals surface area contributed by atoms with Gasteiger partial charge < -0.3 is 15.2 Å². The second-order valence-corrected chi connectivity index (χ2v) is 7.57. The highest BCUT2D eigenvalue weighted by molar-refractivity contribution is 4.92. The number of rotatable bonds is 4. The Morgan fingerprint density at radius 1 is 1.00 bits per heavy atom. The molecule has 122 valence electrons. The van der Waals surface area contributed by atoms with Crippen molar-refractivity contribution in [1.82, 2.24) is 0 Å². The summed E-state index contributed by atoms with van der Waals surface area (Å²) in [5.74, 6) is 0.667. The van der Waals surface area contributed by atoms with Gasteiger partial charge in [-0.1, -0.05) is 19.3 Å². The minimum atomic E-state index is 0.195. The molecule has 3 rings (SSSR count). The highest BCUT2D eigenvalue weighted by Gasteiger charge is 2.40. The van der Waals surface area contributed by atoms with E-state index < -0.39 is 0 Å². The van der Waals surface area contributed by atoms with Crippen molar-refractivity contribution >= 4 is 0 Å². The van der Waals surface area contributed by atoms with Crippen LogP contribution in [0.3, 0.4) is 0 Å². The third kappa shape index (κ3) is 4.20. The Labute approximate surface area is 129 Å². The zero-order chi connectivity index (χ0) is 14.5. The summed E-state index contributed by atoms with van der Waals surface area (Å²) in [5, 5.41) is 0. The number of hydrogen-bond donors (Lipinski definition) is 1. The van der Waals surface area contributed by atoms with Gasteiger partial charge in [0.1, 0.15) is 0 Å². The fourth-order valence-electron chi connectivity index (χ4n) is 4.62. The quantitative estimate of drug-likeness (QED) is 0.858. The van der Waals surface area contributed by atoms with E-state index in [-0.39, 0.29) is 5.60 Å². The minimum absolute atomic E-state index is 0.195. The minimum Gasteiger partial charge on any atom is -0.378 e. The van der Waals surface area contributed by atoms with Crippen LogP contribution in [0.1, 0.15) is 77.0 Å². The summed E-state index contributed by atoms with van der Waals surface area (Å²) in [4.78, 5) is 0. The first-order valence-electron chi connectivity index (χ1n) is 9.29. The molecule has 3 unspecified atom stereocenters. The van der Waals surface area contributed by atoms with Crippen molar-refractivity contribution in [3.63, 3.8) is 0 Å². The van der Waals surface area contributed by atoms with Crippen LogP contribution in [0.2, 0.25) is 0 Å². The normalized spacial score (nSPS) is 34.7. The first-order chi connectivity index (χ1) is 10.3. The molecule has 2 N–H and O–H groups in total. The third-order valence-electron chi connectivity index (χ3n) is 6.00. The summed E-state index contributed by atoms with van der Waals surface area (Å²) >= 11 is 0. The topological polar surface area (TPSA) is 44.5 Å². The van der Waals surface area contributed by atoms with Crippen LogP contribution in [0.25, 0.3) is 0 Å². The van der Waals surface area contributed by atoms with Crippen molar-refractivity contribution < 1.29 is 9.47 Å². The lowest BCUT2D eigenvalue weighted by Crippen LogP contribution is -2.46. The van der Waals surface area contributed by atoms with Crippen LogP contribution >= 0.6 is 0 Å². The predicted molar refractivity (Wildman–Crippen MR) is 85.3 cm³/mol. The fraction of sp³-hybridized carbons (Fsp3) is 1.00. The van der Waals surface area contributed by atoms with Gasteiger partial charge in [0, 0.05) is 19.3 Å². The Morgan fingerprint density at radius 2 is 1.86 bits per heavy atom. The molecule has 3 heteroatoms. The van der Waals surface area contributed by atoms with Crippen molar-refractivity contribution in [1.29, 1.82) is 0 Å². The van der Waals surface area contributed by atoms with Crippen LogP contribution in [-0.4, -0.2) is 31.0 Å². The van der Waals surface area contributed by atoms with Crippen LogP contribution in [0.15, 0.2) is 0 Å². The van der Waals surface area contributed by atoms with Gasteiger partial charge in [0.2, 0.25) is 0 Å². The summed E-state index contributed by atoms with van der Waals surface area (Å²) in [6.07, 6.45) is 15.6. The van der Waals surface area contributed by atoms with E-state index in [4.69, 9.17) is 15.2 Å². The van der Waals surface area contributed by atoms with Crippen LogP contribution in [0, 0.1) is 5.92 Å². The van der Waals surface area contributed by atoms with E-state index in [0.29, 0.717) is 18.1 Å². The van der Waals surface area contributed by atoms with Gasteiger partial charge in [-0.05, 0) is 63.7 Å². The lowest BCUT2D eigenvalue weighted by Gasteiger charge is -2.45. The molecule has 1 spiro atoms. The monoisotopic (exact) mass is 295 g/mol. The average molecular weight is 295 g/mol. The molecule has 0 aromatic carbocycles. The highest BCUT2D eigenvalue weighted by atomic mass is 16.5. The Hall–Kier alpha value is -0.120. The smallest absolute Gasteiger partial charge is 0.0685 e. The van der Waals surface area contributed by atoms with Gasteiger partial charge in [-0.3, -0.25) is 0 Å². The van der Waals surface area contributed by atoms with E-state index in [1.807, 2.05) is 0 Å². The molecule has 3 atom stereocenters. The van der Waals surface area contributed by atoms with Crippen LogP contribution in [0.5, 0.6) is 0 Å². The second kappa shape index (κ2) is 7.43. The molecule has 3 fully saturated rings. The first kappa shape index (κ1) is 15.8. The molecule has 0 radical (unpaired) electrons. The molecule has 1 aliphatic carbocycles. The molecule has 3 nitrogen and oxygen atoms in total. The zero-order valence-electron chi connectivity index (χ0n) is 13.5. The van der Waals surface area contributed by atoms with E-state index in [2.05, 4.69) is 0 Å². The Kier molecular flexibility index (Phi) is 5.58. The maximum absolute atomic E-state index is 6.54. The number of ether oxygens (including phenoxy) is 2. The van der Waals surface area contributed by atoms with Gasteiger partial charge in [0.25, 0.3) is 0 Å². The standard InChI is InChI=1S/C18H33NO2/c19-17(8-7-16-6-2-5-12-20-16)15-9-13-21-18(14-15)10-3-1-4-11-18/h15-17H,1-14,19H2. The maximum Gasteiger partial charge on any atom is 0.0685 e. The Morgan fingerprint density at radius 3 is 2.62 bits per heavy atom. The summed E-state index contributed by atoms with van der Waals surface area (Å²) in [6, 6.07) is 0.346. The predicted octanol–water partition coefficient (Wildman–Crippen LogP) is 3.79. The van der Waals surface area contributed by atoms with Crippen LogP contribution in [-0.2, 0) is 9.47 Å². The lowest BCUT2D eigenvalue weighted by molar-refractivity contribution is -0.121. The van der Waals surface area contributed by atoms with Crippen molar-refractivity contribution in [3.8, 4) is 0 Å². The molecule has 3 aliphatic rings. The lowest BCUT2D eigenvalue weighted by atomic mass is 9.73. The van der Waals surface area contributed by atoms with Crippen molar-refractivity contribution in [2.45, 2.75) is 94.8 Å². The molecular formula is C18H33NO2. The molecule has 21 heavy (non-hydrogen) atoms. The second-order valence-electron chi connectivity index (χ2n) is 7.57. The number of hydrogen-bond acceptors (Lipinski definition) is 3. The van der Waals surface area contributed by atoms with Gasteiger partial charge in [0.05, 0.1) is 11.7 Å². The van der Waals surface area contributed by atoms with E-state index >= 15 is 0 Å². The van der Waals surface area contributed by atoms with E-state index in [1.165, 1.54) is 57.8 Å². The largest absolute Gasteiger partial charge is 0.378 e.